The molecule has 132 valence electrons. The van der Waals surface area contributed by atoms with Crippen molar-refractivity contribution in [3.05, 3.63) is 71.8 Å². The predicted molar refractivity (Wildman–Crippen MR) is 105 cm³/mol. The zero-order chi connectivity index (χ0) is 18.7. The van der Waals surface area contributed by atoms with Crippen LogP contribution in [0.2, 0.25) is 0 Å². The molecule has 5 nitrogen and oxygen atoms in total. The van der Waals surface area contributed by atoms with E-state index in [2.05, 4.69) is 11.6 Å². The summed E-state index contributed by atoms with van der Waals surface area (Å²) in [5.41, 5.74) is 5.59. The first kappa shape index (κ1) is 17.5. The lowest BCUT2D eigenvalue weighted by atomic mass is 10.0. The van der Waals surface area contributed by atoms with E-state index < -0.39 is 0 Å². The number of nitrogens with one attached hydrogen (secondary N) is 3. The van der Waals surface area contributed by atoms with E-state index in [1.54, 1.807) is 0 Å². The van der Waals surface area contributed by atoms with Gasteiger partial charge in [0.25, 0.3) is 0 Å². The third-order valence-electron chi connectivity index (χ3n) is 4.36. The van der Waals surface area contributed by atoms with Gasteiger partial charge in [0.15, 0.2) is 0 Å². The maximum absolute atomic E-state index is 7.86. The van der Waals surface area contributed by atoms with Gasteiger partial charge in [0.1, 0.15) is 0 Å². The van der Waals surface area contributed by atoms with Gasteiger partial charge in [0.05, 0.1) is 19.9 Å². The summed E-state index contributed by atoms with van der Waals surface area (Å²) in [6.45, 7) is 3.87. The lowest BCUT2D eigenvalue weighted by molar-refractivity contribution is 0.401. The Hall–Kier alpha value is -3.34. The van der Waals surface area contributed by atoms with Crippen molar-refractivity contribution in [1.82, 2.24) is 4.98 Å². The van der Waals surface area contributed by atoms with Crippen LogP contribution in [-0.4, -0.2) is 31.0 Å². The van der Waals surface area contributed by atoms with Gasteiger partial charge in [-0.3, -0.25) is 10.8 Å². The number of ether oxygens (including phenoxy) is 2. The first-order valence-corrected chi connectivity index (χ1v) is 8.20. The van der Waals surface area contributed by atoms with Gasteiger partial charge in [0, 0.05) is 22.0 Å². The molecule has 2 aromatic carbocycles. The Morgan fingerprint density at radius 2 is 1.62 bits per heavy atom. The Kier molecular flexibility index (Phi) is 4.89. The summed E-state index contributed by atoms with van der Waals surface area (Å²) >= 11 is 0. The summed E-state index contributed by atoms with van der Waals surface area (Å²) in [5.74, 6) is 0.276. The van der Waals surface area contributed by atoms with E-state index in [9.17, 15) is 0 Å². The zero-order valence-corrected chi connectivity index (χ0v) is 14.8. The fourth-order valence-electron chi connectivity index (χ4n) is 3.02. The van der Waals surface area contributed by atoms with Gasteiger partial charge in [-0.1, -0.05) is 24.3 Å². The van der Waals surface area contributed by atoms with Crippen molar-refractivity contribution in [2.45, 2.75) is 6.42 Å². The first-order valence-electron chi connectivity index (χ1n) is 8.20. The molecule has 0 unspecified atom stereocenters. The second-order valence-corrected chi connectivity index (χ2v) is 5.88. The summed E-state index contributed by atoms with van der Waals surface area (Å²) < 4.78 is 9.99. The van der Waals surface area contributed by atoms with Crippen molar-refractivity contribution in [2.24, 2.45) is 0 Å². The molecule has 0 amide bonds. The molecule has 1 heterocycles. The summed E-state index contributed by atoms with van der Waals surface area (Å²) in [5, 5.41) is 16.7. The highest BCUT2D eigenvalue weighted by molar-refractivity contribution is 5.99. The summed E-state index contributed by atoms with van der Waals surface area (Å²) in [7, 11) is 2.99. The molecule has 3 N–H and O–H groups in total. The predicted octanol–water partition coefficient (Wildman–Crippen LogP) is 4.51. The average molecular weight is 347 g/mol. The number of H-pyrrole nitrogens is 1. The molecule has 26 heavy (non-hydrogen) atoms. The van der Waals surface area contributed by atoms with Crippen LogP contribution < -0.4 is 0 Å². The van der Waals surface area contributed by atoms with Crippen LogP contribution in [0.4, 0.5) is 0 Å². The molecule has 0 radical (unpaired) electrons. The summed E-state index contributed by atoms with van der Waals surface area (Å²) in [4.78, 5) is 3.46. The third-order valence-corrected chi connectivity index (χ3v) is 4.36. The van der Waals surface area contributed by atoms with Gasteiger partial charge in [-0.25, -0.2) is 0 Å². The van der Waals surface area contributed by atoms with Crippen LogP contribution in [0.5, 0.6) is 0 Å². The zero-order valence-electron chi connectivity index (χ0n) is 14.8. The molecule has 3 rings (SSSR count). The highest BCUT2D eigenvalue weighted by Gasteiger charge is 2.14. The van der Waals surface area contributed by atoms with E-state index >= 15 is 0 Å². The monoisotopic (exact) mass is 347 g/mol. The van der Waals surface area contributed by atoms with Crippen LogP contribution in [0.3, 0.4) is 0 Å². The van der Waals surface area contributed by atoms with E-state index in [0.717, 1.165) is 45.3 Å². The number of fused-ring (bicyclic) bond motifs is 1. The highest BCUT2D eigenvalue weighted by atomic mass is 16.5. The Bertz CT molecular complexity index is 984. The molecule has 0 bridgehead atoms. The normalized spacial score (nSPS) is 10.5. The van der Waals surface area contributed by atoms with Gasteiger partial charge in [0.2, 0.25) is 11.8 Å². The highest BCUT2D eigenvalue weighted by Crippen LogP contribution is 2.32. The smallest absolute Gasteiger partial charge is 0.212 e. The largest absolute Gasteiger partial charge is 0.481 e. The van der Waals surface area contributed by atoms with E-state index in [1.807, 2.05) is 48.5 Å². The van der Waals surface area contributed by atoms with Crippen molar-refractivity contribution in [3.63, 3.8) is 0 Å². The number of benzene rings is 2. The molecule has 1 aromatic heterocycles. The number of rotatable bonds is 5. The van der Waals surface area contributed by atoms with E-state index in [1.165, 1.54) is 14.2 Å². The van der Waals surface area contributed by atoms with Gasteiger partial charge in [-0.2, -0.15) is 0 Å². The van der Waals surface area contributed by atoms with Crippen molar-refractivity contribution in [3.8, 4) is 11.3 Å². The molecule has 5 heteroatoms. The van der Waals surface area contributed by atoms with E-state index in [0.29, 0.717) is 0 Å². The minimum Gasteiger partial charge on any atom is -0.481 e. The number of hydrogen-bond acceptors (Lipinski definition) is 4. The summed E-state index contributed by atoms with van der Waals surface area (Å²) in [6, 6.07) is 13.5. The fourth-order valence-corrected chi connectivity index (χ4v) is 3.02. The SMILES string of the molecule is C=CCc1c(-c2ccc(C(=N)OC)cc2)[nH]c2cc(C(=N)OC)ccc12. The minimum absolute atomic E-state index is 0.135. The maximum Gasteiger partial charge on any atom is 0.212 e. The number of aromatic nitrogens is 1. The number of hydrogen-bond donors (Lipinski definition) is 3. The third kappa shape index (κ3) is 3.11. The Labute approximate surface area is 152 Å². The number of methoxy groups -OCH3 is 2. The van der Waals surface area contributed by atoms with Crippen molar-refractivity contribution >= 4 is 22.7 Å². The molecule has 0 fully saturated rings. The minimum atomic E-state index is 0.135. The van der Waals surface area contributed by atoms with Crippen LogP contribution in [0.15, 0.2) is 55.1 Å². The first-order chi connectivity index (χ1) is 12.6. The quantitative estimate of drug-likeness (QED) is 0.361. The van der Waals surface area contributed by atoms with Gasteiger partial charge in [-0.05, 0) is 41.8 Å². The number of allylic oxidation sites excluding steroid dienone is 1. The number of aromatic amines is 1. The fraction of sp³-hybridized carbons (Fsp3) is 0.143. The van der Waals surface area contributed by atoms with Crippen LogP contribution in [-0.2, 0) is 15.9 Å². The lowest BCUT2D eigenvalue weighted by Crippen LogP contribution is -2.00. The van der Waals surface area contributed by atoms with Crippen LogP contribution in [0, 0.1) is 10.8 Å². The lowest BCUT2D eigenvalue weighted by Gasteiger charge is -2.06. The topological polar surface area (TPSA) is 82.0 Å². The Morgan fingerprint density at radius 3 is 2.23 bits per heavy atom. The molecule has 0 aliphatic rings. The van der Waals surface area contributed by atoms with Crippen molar-refractivity contribution in [2.75, 3.05) is 14.2 Å². The second-order valence-electron chi connectivity index (χ2n) is 5.88. The van der Waals surface area contributed by atoms with Gasteiger partial charge < -0.3 is 14.5 Å². The van der Waals surface area contributed by atoms with Crippen molar-refractivity contribution in [1.29, 1.82) is 10.8 Å². The second kappa shape index (κ2) is 7.27. The molecular formula is C21H21N3O2. The molecule has 0 saturated heterocycles. The van der Waals surface area contributed by atoms with Crippen LogP contribution >= 0.6 is 0 Å². The molecule has 3 aromatic rings. The van der Waals surface area contributed by atoms with Gasteiger partial charge >= 0.3 is 0 Å². The van der Waals surface area contributed by atoms with Crippen LogP contribution in [0.25, 0.3) is 22.2 Å². The molecular weight excluding hydrogens is 326 g/mol. The molecule has 0 aliphatic heterocycles. The van der Waals surface area contributed by atoms with E-state index in [4.69, 9.17) is 20.3 Å². The standard InChI is InChI=1S/C21H21N3O2/c1-4-5-17-16-11-10-15(21(23)26-3)12-18(16)24-19(17)13-6-8-14(9-7-13)20(22)25-2/h4,6-12,22-24H,1,5H2,2-3H3. The van der Waals surface area contributed by atoms with E-state index in [-0.39, 0.29) is 11.8 Å². The van der Waals surface area contributed by atoms with Crippen LogP contribution in [0.1, 0.15) is 16.7 Å². The van der Waals surface area contributed by atoms with Crippen molar-refractivity contribution < 1.29 is 9.47 Å². The Morgan fingerprint density at radius 1 is 1.00 bits per heavy atom. The Balaban J connectivity index is 2.11. The van der Waals surface area contributed by atoms with Gasteiger partial charge in [-0.15, -0.1) is 6.58 Å². The molecule has 0 spiro atoms. The molecule has 0 aliphatic carbocycles. The molecule has 0 saturated carbocycles. The summed E-state index contributed by atoms with van der Waals surface area (Å²) in [6.07, 6.45) is 2.61. The maximum atomic E-state index is 7.86. The average Bonchev–Trinajstić information content (AvgIpc) is 3.05. The molecule has 0 atom stereocenters.